The summed E-state index contributed by atoms with van der Waals surface area (Å²) >= 11 is 1.42. The lowest BCUT2D eigenvalue weighted by Crippen LogP contribution is -2.07. The molecule has 6 heteroatoms. The fourth-order valence-corrected chi connectivity index (χ4v) is 2.43. The van der Waals surface area contributed by atoms with Gasteiger partial charge in [-0.05, 0) is 18.1 Å². The van der Waals surface area contributed by atoms with Crippen LogP contribution in [0.1, 0.15) is 11.3 Å². The number of hydrogen-bond donors (Lipinski definition) is 1. The average molecular weight is 294 g/mol. The lowest BCUT2D eigenvalue weighted by molar-refractivity contribution is -0.139. The van der Waals surface area contributed by atoms with Gasteiger partial charge in [0.05, 0.1) is 19.2 Å². The van der Waals surface area contributed by atoms with Crippen LogP contribution in [0, 0.1) is 5.82 Å². The van der Waals surface area contributed by atoms with E-state index < -0.39 is 0 Å². The molecule has 2 aromatic rings. The van der Waals surface area contributed by atoms with E-state index in [-0.39, 0.29) is 18.2 Å². The van der Waals surface area contributed by atoms with Crippen molar-refractivity contribution in [3.8, 4) is 0 Å². The lowest BCUT2D eigenvalue weighted by atomic mass is 10.1. The Bertz CT molecular complexity index is 586. The molecule has 1 aromatic carbocycles. The third-order valence-corrected chi connectivity index (χ3v) is 3.58. The lowest BCUT2D eigenvalue weighted by Gasteiger charge is -2.04. The molecule has 4 nitrogen and oxygen atoms in total. The third-order valence-electron chi connectivity index (χ3n) is 2.73. The highest BCUT2D eigenvalue weighted by molar-refractivity contribution is 7.13. The van der Waals surface area contributed by atoms with Crippen molar-refractivity contribution >= 4 is 22.4 Å². The number of benzene rings is 1. The van der Waals surface area contributed by atoms with E-state index in [2.05, 4.69) is 15.0 Å². The molecule has 2 rings (SSSR count). The van der Waals surface area contributed by atoms with Crippen LogP contribution in [-0.4, -0.2) is 24.6 Å². The van der Waals surface area contributed by atoms with Gasteiger partial charge in [0.15, 0.2) is 5.13 Å². The van der Waals surface area contributed by atoms with Crippen LogP contribution in [0.5, 0.6) is 0 Å². The number of esters is 1. The second-order valence-electron chi connectivity index (χ2n) is 4.17. The quantitative estimate of drug-likeness (QED) is 0.832. The van der Waals surface area contributed by atoms with E-state index >= 15 is 0 Å². The van der Waals surface area contributed by atoms with Crippen LogP contribution in [0.4, 0.5) is 9.52 Å². The van der Waals surface area contributed by atoms with E-state index in [0.717, 1.165) is 5.13 Å². The molecule has 0 saturated carbocycles. The van der Waals surface area contributed by atoms with Crippen LogP contribution in [0.3, 0.4) is 0 Å². The number of nitrogens with one attached hydrogen (secondary N) is 1. The molecule has 1 aromatic heterocycles. The minimum atomic E-state index is -0.312. The zero-order valence-corrected chi connectivity index (χ0v) is 11.9. The molecular formula is C14H15FN2O2S. The van der Waals surface area contributed by atoms with Crippen LogP contribution in [-0.2, 0) is 22.4 Å². The summed E-state index contributed by atoms with van der Waals surface area (Å²) in [6.45, 7) is 0.589. The van der Waals surface area contributed by atoms with E-state index in [0.29, 0.717) is 24.2 Å². The summed E-state index contributed by atoms with van der Waals surface area (Å²) in [4.78, 5) is 15.4. The number of carbonyl (C=O) groups excluding carboxylic acids is 1. The Morgan fingerprint density at radius 2 is 2.25 bits per heavy atom. The highest BCUT2D eigenvalue weighted by Gasteiger charge is 2.07. The fourth-order valence-electron chi connectivity index (χ4n) is 1.69. The molecule has 0 bridgehead atoms. The SMILES string of the molecule is COC(=O)Cc1csc(NCCc2ccccc2F)n1. The highest BCUT2D eigenvalue weighted by Crippen LogP contribution is 2.16. The van der Waals surface area contributed by atoms with E-state index in [1.165, 1.54) is 24.5 Å². The number of methoxy groups -OCH3 is 1. The first-order valence-corrected chi connectivity index (χ1v) is 7.05. The number of ether oxygens (including phenoxy) is 1. The molecule has 0 aliphatic rings. The van der Waals surface area contributed by atoms with E-state index in [4.69, 9.17) is 0 Å². The maximum absolute atomic E-state index is 13.4. The van der Waals surface area contributed by atoms with Gasteiger partial charge in [0.2, 0.25) is 0 Å². The Morgan fingerprint density at radius 3 is 3.00 bits per heavy atom. The number of thiazole rings is 1. The maximum atomic E-state index is 13.4. The summed E-state index contributed by atoms with van der Waals surface area (Å²) in [5, 5.41) is 5.65. The Labute approximate surface area is 120 Å². The van der Waals surface area contributed by atoms with Gasteiger partial charge in [0, 0.05) is 11.9 Å². The van der Waals surface area contributed by atoms with Gasteiger partial charge in [0.25, 0.3) is 0 Å². The number of hydrogen-bond acceptors (Lipinski definition) is 5. The standard InChI is InChI=1S/C14H15FN2O2S/c1-19-13(18)8-11-9-20-14(17-11)16-7-6-10-4-2-3-5-12(10)15/h2-5,9H,6-8H2,1H3,(H,16,17). The largest absolute Gasteiger partial charge is 0.469 e. The molecule has 0 spiro atoms. The first-order valence-electron chi connectivity index (χ1n) is 6.17. The number of carbonyl (C=O) groups is 1. The van der Waals surface area contributed by atoms with Gasteiger partial charge >= 0.3 is 5.97 Å². The normalized spacial score (nSPS) is 10.3. The molecule has 20 heavy (non-hydrogen) atoms. The number of rotatable bonds is 6. The minimum Gasteiger partial charge on any atom is -0.469 e. The zero-order valence-electron chi connectivity index (χ0n) is 11.1. The Kier molecular flexibility index (Phi) is 5.06. The summed E-state index contributed by atoms with van der Waals surface area (Å²) in [5.74, 6) is -0.506. The number of halogens is 1. The fraction of sp³-hybridized carbons (Fsp3) is 0.286. The van der Waals surface area contributed by atoms with Crippen molar-refractivity contribution in [3.63, 3.8) is 0 Å². The molecule has 0 atom stereocenters. The predicted octanol–water partition coefficient (Wildman–Crippen LogP) is 2.65. The van der Waals surface area contributed by atoms with E-state index in [1.54, 1.807) is 12.1 Å². The van der Waals surface area contributed by atoms with Crippen LogP contribution in [0.2, 0.25) is 0 Å². The number of anilines is 1. The number of nitrogens with zero attached hydrogens (tertiary/aromatic N) is 1. The third kappa shape index (κ3) is 4.03. The summed E-state index contributed by atoms with van der Waals surface area (Å²) < 4.78 is 18.0. The first kappa shape index (κ1) is 14.5. The molecule has 0 aliphatic heterocycles. The maximum Gasteiger partial charge on any atom is 0.311 e. The van der Waals surface area contributed by atoms with Gasteiger partial charge in [-0.3, -0.25) is 4.79 Å². The van der Waals surface area contributed by atoms with Gasteiger partial charge in [-0.15, -0.1) is 11.3 Å². The van der Waals surface area contributed by atoms with Crippen LogP contribution < -0.4 is 5.32 Å². The molecule has 0 radical (unpaired) electrons. The molecule has 106 valence electrons. The molecule has 0 aliphatic carbocycles. The summed E-state index contributed by atoms with van der Waals surface area (Å²) in [5.41, 5.74) is 1.35. The Morgan fingerprint density at radius 1 is 1.45 bits per heavy atom. The van der Waals surface area contributed by atoms with Crippen molar-refractivity contribution in [1.29, 1.82) is 0 Å². The molecule has 1 N–H and O–H groups in total. The molecule has 0 saturated heterocycles. The van der Waals surface area contributed by atoms with Gasteiger partial charge < -0.3 is 10.1 Å². The molecule has 1 heterocycles. The average Bonchev–Trinajstić information content (AvgIpc) is 2.88. The second-order valence-corrected chi connectivity index (χ2v) is 5.02. The second kappa shape index (κ2) is 7.00. The zero-order chi connectivity index (χ0) is 14.4. The molecule has 0 fully saturated rings. The van der Waals surface area contributed by atoms with Crippen molar-refractivity contribution in [2.75, 3.05) is 19.0 Å². The molecule has 0 amide bonds. The van der Waals surface area contributed by atoms with Crippen LogP contribution in [0.25, 0.3) is 0 Å². The predicted molar refractivity (Wildman–Crippen MR) is 76.4 cm³/mol. The van der Waals surface area contributed by atoms with Crippen molar-refractivity contribution in [1.82, 2.24) is 4.98 Å². The summed E-state index contributed by atoms with van der Waals surface area (Å²) in [6.07, 6.45) is 0.751. The van der Waals surface area contributed by atoms with Crippen LogP contribution >= 0.6 is 11.3 Å². The topological polar surface area (TPSA) is 51.2 Å². The van der Waals surface area contributed by atoms with Crippen molar-refractivity contribution in [3.05, 3.63) is 46.7 Å². The van der Waals surface area contributed by atoms with Crippen LogP contribution in [0.15, 0.2) is 29.6 Å². The van der Waals surface area contributed by atoms with Gasteiger partial charge in [0.1, 0.15) is 5.82 Å². The van der Waals surface area contributed by atoms with Gasteiger partial charge in [-0.2, -0.15) is 0 Å². The molecular weight excluding hydrogens is 279 g/mol. The highest BCUT2D eigenvalue weighted by atomic mass is 32.1. The monoisotopic (exact) mass is 294 g/mol. The van der Waals surface area contributed by atoms with Crippen molar-refractivity contribution in [2.24, 2.45) is 0 Å². The van der Waals surface area contributed by atoms with E-state index in [1.807, 2.05) is 11.4 Å². The van der Waals surface area contributed by atoms with Crippen molar-refractivity contribution < 1.29 is 13.9 Å². The number of aromatic nitrogens is 1. The van der Waals surface area contributed by atoms with Crippen molar-refractivity contribution in [2.45, 2.75) is 12.8 Å². The minimum absolute atomic E-state index is 0.169. The smallest absolute Gasteiger partial charge is 0.311 e. The Balaban J connectivity index is 1.83. The molecule has 0 unspecified atom stereocenters. The van der Waals surface area contributed by atoms with Gasteiger partial charge in [-0.1, -0.05) is 18.2 Å². The summed E-state index contributed by atoms with van der Waals surface area (Å²) in [7, 11) is 1.35. The van der Waals surface area contributed by atoms with E-state index in [9.17, 15) is 9.18 Å². The first-order chi connectivity index (χ1) is 9.69. The Hall–Kier alpha value is -1.95. The van der Waals surface area contributed by atoms with Gasteiger partial charge in [-0.25, -0.2) is 9.37 Å². The summed E-state index contributed by atoms with van der Waals surface area (Å²) in [6, 6.07) is 6.71.